The van der Waals surface area contributed by atoms with Gasteiger partial charge in [-0.15, -0.1) is 10.2 Å². The van der Waals surface area contributed by atoms with Gasteiger partial charge in [0.15, 0.2) is 5.16 Å². The number of rotatable bonds is 5. The van der Waals surface area contributed by atoms with Gasteiger partial charge >= 0.3 is 0 Å². The minimum atomic E-state index is 0.510. The third kappa shape index (κ3) is 3.21. The van der Waals surface area contributed by atoms with Crippen LogP contribution in [-0.2, 0) is 5.75 Å². The molecule has 0 aliphatic heterocycles. The lowest BCUT2D eigenvalue weighted by Crippen LogP contribution is -1.95. The van der Waals surface area contributed by atoms with Crippen molar-refractivity contribution >= 4 is 34.7 Å². The Morgan fingerprint density at radius 1 is 1.29 bits per heavy atom. The van der Waals surface area contributed by atoms with Crippen molar-refractivity contribution in [2.45, 2.75) is 10.9 Å². The number of halogens is 1. The normalized spacial score (nSPS) is 11.0. The highest BCUT2D eigenvalue weighted by molar-refractivity contribution is 7.98. The third-order valence-electron chi connectivity index (χ3n) is 3.18. The van der Waals surface area contributed by atoms with E-state index in [4.69, 9.17) is 16.1 Å². The molecule has 0 aliphatic carbocycles. The fourth-order valence-corrected chi connectivity index (χ4v) is 3.66. The van der Waals surface area contributed by atoms with Gasteiger partial charge in [0.05, 0.1) is 11.4 Å². The summed E-state index contributed by atoms with van der Waals surface area (Å²) >= 11 is 9.11. The Morgan fingerprint density at radius 2 is 2.25 bits per heavy atom. The summed E-state index contributed by atoms with van der Waals surface area (Å²) in [6.07, 6.45) is 1.65. The summed E-state index contributed by atoms with van der Waals surface area (Å²) in [5.74, 6) is 1.65. The van der Waals surface area contributed by atoms with Gasteiger partial charge in [0.1, 0.15) is 6.33 Å². The Balaban J connectivity index is 1.50. The van der Waals surface area contributed by atoms with E-state index in [1.165, 1.54) is 11.8 Å². The van der Waals surface area contributed by atoms with Crippen molar-refractivity contribution in [2.24, 2.45) is 0 Å². The highest BCUT2D eigenvalue weighted by Gasteiger charge is 2.12. The molecule has 0 spiro atoms. The Hall–Kier alpha value is -2.16. The molecule has 24 heavy (non-hydrogen) atoms. The second kappa shape index (κ2) is 6.76. The third-order valence-corrected chi connectivity index (χ3v) is 5.02. The van der Waals surface area contributed by atoms with Crippen molar-refractivity contribution in [3.8, 4) is 17.1 Å². The van der Waals surface area contributed by atoms with E-state index in [-0.39, 0.29) is 0 Å². The highest BCUT2D eigenvalue weighted by atomic mass is 35.5. The van der Waals surface area contributed by atoms with Crippen molar-refractivity contribution < 1.29 is 4.52 Å². The SMILES string of the molecule is Clc1cccc(-n2cnnc2SCc2nc(-c3ccsc3)no2)c1. The van der Waals surface area contributed by atoms with Crippen LogP contribution in [0.2, 0.25) is 5.02 Å². The van der Waals surface area contributed by atoms with E-state index < -0.39 is 0 Å². The molecular formula is C15H10ClN5OS2. The first-order chi connectivity index (χ1) is 11.8. The molecule has 6 nitrogen and oxygen atoms in total. The van der Waals surface area contributed by atoms with Gasteiger partial charge < -0.3 is 4.52 Å². The molecule has 0 aliphatic rings. The minimum Gasteiger partial charge on any atom is -0.338 e. The summed E-state index contributed by atoms with van der Waals surface area (Å²) in [4.78, 5) is 4.40. The summed E-state index contributed by atoms with van der Waals surface area (Å²) in [5.41, 5.74) is 1.86. The van der Waals surface area contributed by atoms with Crippen molar-refractivity contribution in [3.63, 3.8) is 0 Å². The number of aromatic nitrogens is 5. The van der Waals surface area contributed by atoms with Gasteiger partial charge in [-0.1, -0.05) is 34.6 Å². The van der Waals surface area contributed by atoms with Crippen LogP contribution in [0.3, 0.4) is 0 Å². The van der Waals surface area contributed by atoms with Crippen molar-refractivity contribution in [1.29, 1.82) is 0 Å². The van der Waals surface area contributed by atoms with E-state index in [1.807, 2.05) is 45.7 Å². The molecule has 120 valence electrons. The first-order valence-electron chi connectivity index (χ1n) is 6.93. The van der Waals surface area contributed by atoms with E-state index >= 15 is 0 Å². The molecule has 0 saturated carbocycles. The van der Waals surface area contributed by atoms with E-state index in [1.54, 1.807) is 17.7 Å². The Labute approximate surface area is 150 Å². The number of thiophene rings is 1. The smallest absolute Gasteiger partial charge is 0.237 e. The summed E-state index contributed by atoms with van der Waals surface area (Å²) in [6.45, 7) is 0. The molecular weight excluding hydrogens is 366 g/mol. The van der Waals surface area contributed by atoms with Gasteiger partial charge in [-0.25, -0.2) is 0 Å². The first-order valence-corrected chi connectivity index (χ1v) is 9.24. The zero-order valence-corrected chi connectivity index (χ0v) is 14.6. The molecule has 0 atom stereocenters. The molecule has 3 heterocycles. The topological polar surface area (TPSA) is 69.6 Å². The number of benzene rings is 1. The maximum absolute atomic E-state index is 6.05. The van der Waals surface area contributed by atoms with Crippen LogP contribution in [0.1, 0.15) is 5.89 Å². The maximum atomic E-state index is 6.05. The number of nitrogens with zero attached hydrogens (tertiary/aromatic N) is 5. The number of hydrogen-bond donors (Lipinski definition) is 0. The number of thioether (sulfide) groups is 1. The van der Waals surface area contributed by atoms with Crippen LogP contribution in [0.4, 0.5) is 0 Å². The molecule has 1 aromatic carbocycles. The highest BCUT2D eigenvalue weighted by Crippen LogP contribution is 2.25. The molecule has 0 N–H and O–H groups in total. The second-order valence-corrected chi connectivity index (χ2v) is 6.93. The molecule has 0 bridgehead atoms. The van der Waals surface area contributed by atoms with Crippen LogP contribution in [0, 0.1) is 0 Å². The quantitative estimate of drug-likeness (QED) is 0.484. The Bertz CT molecular complexity index is 950. The van der Waals surface area contributed by atoms with Crippen LogP contribution in [-0.4, -0.2) is 24.9 Å². The zero-order chi connectivity index (χ0) is 16.4. The van der Waals surface area contributed by atoms with Gasteiger partial charge in [0.2, 0.25) is 11.7 Å². The van der Waals surface area contributed by atoms with Crippen LogP contribution in [0.15, 0.2) is 57.1 Å². The molecule has 0 radical (unpaired) electrons. The average Bonchev–Trinajstić information content (AvgIpc) is 3.33. The predicted molar refractivity (Wildman–Crippen MR) is 93.5 cm³/mol. The second-order valence-electron chi connectivity index (χ2n) is 4.78. The van der Waals surface area contributed by atoms with Gasteiger partial charge in [-0.3, -0.25) is 4.57 Å². The first kappa shape index (κ1) is 15.4. The van der Waals surface area contributed by atoms with E-state index in [9.17, 15) is 0 Å². The molecule has 0 fully saturated rings. The monoisotopic (exact) mass is 375 g/mol. The average molecular weight is 376 g/mol. The van der Waals surface area contributed by atoms with Crippen molar-refractivity contribution in [2.75, 3.05) is 0 Å². The molecule has 0 unspecified atom stereocenters. The molecule has 0 amide bonds. The molecule has 4 rings (SSSR count). The van der Waals surface area contributed by atoms with Gasteiger partial charge in [-0.2, -0.15) is 16.3 Å². The van der Waals surface area contributed by atoms with E-state index in [0.717, 1.165) is 16.4 Å². The summed E-state index contributed by atoms with van der Waals surface area (Å²) in [5, 5.41) is 17.5. The van der Waals surface area contributed by atoms with Crippen LogP contribution in [0.5, 0.6) is 0 Å². The zero-order valence-electron chi connectivity index (χ0n) is 12.2. The van der Waals surface area contributed by atoms with Gasteiger partial charge in [-0.05, 0) is 29.6 Å². The number of hydrogen-bond acceptors (Lipinski definition) is 7. The van der Waals surface area contributed by atoms with Crippen LogP contribution in [0.25, 0.3) is 17.1 Å². The predicted octanol–water partition coefficient (Wildman–Crippen LogP) is 4.32. The fraction of sp³-hybridized carbons (Fsp3) is 0.0667. The molecule has 0 saturated heterocycles. The lowest BCUT2D eigenvalue weighted by Gasteiger charge is -2.05. The summed E-state index contributed by atoms with van der Waals surface area (Å²) in [6, 6.07) is 9.48. The van der Waals surface area contributed by atoms with Crippen molar-refractivity contribution in [3.05, 3.63) is 58.3 Å². The lowest BCUT2D eigenvalue weighted by molar-refractivity contribution is 0.391. The largest absolute Gasteiger partial charge is 0.338 e. The van der Waals surface area contributed by atoms with Crippen molar-refractivity contribution in [1.82, 2.24) is 24.9 Å². The fourth-order valence-electron chi connectivity index (χ4n) is 2.07. The molecule has 3 aromatic heterocycles. The maximum Gasteiger partial charge on any atom is 0.237 e. The van der Waals surface area contributed by atoms with Gasteiger partial charge in [0.25, 0.3) is 0 Å². The lowest BCUT2D eigenvalue weighted by atomic mass is 10.3. The molecule has 4 aromatic rings. The minimum absolute atomic E-state index is 0.510. The standard InChI is InChI=1S/C15H10ClN5OS2/c16-11-2-1-3-12(6-11)21-9-17-19-15(21)24-8-13-18-14(20-22-13)10-4-5-23-7-10/h1-7,9H,8H2. The molecule has 9 heteroatoms. The Kier molecular flexibility index (Phi) is 4.33. The van der Waals surface area contributed by atoms with Gasteiger partial charge in [0, 0.05) is 16.0 Å². The van der Waals surface area contributed by atoms with E-state index in [2.05, 4.69) is 20.3 Å². The van der Waals surface area contributed by atoms with Crippen LogP contribution >= 0.6 is 34.7 Å². The summed E-state index contributed by atoms with van der Waals surface area (Å²) in [7, 11) is 0. The van der Waals surface area contributed by atoms with Crippen LogP contribution < -0.4 is 0 Å². The van der Waals surface area contributed by atoms with E-state index in [0.29, 0.717) is 22.5 Å². The Morgan fingerprint density at radius 3 is 3.08 bits per heavy atom. The summed E-state index contributed by atoms with van der Waals surface area (Å²) < 4.78 is 7.16.